The third-order valence-electron chi connectivity index (χ3n) is 2.03. The van der Waals surface area contributed by atoms with E-state index in [9.17, 15) is 22.8 Å². The Morgan fingerprint density at radius 1 is 1.41 bits per heavy atom. The molecule has 0 radical (unpaired) electrons. The maximum absolute atomic E-state index is 12.4. The summed E-state index contributed by atoms with van der Waals surface area (Å²) in [5, 5.41) is 10.7. The number of carboxylic acid groups (broad SMARTS) is 1. The van der Waals surface area contributed by atoms with E-state index in [1.807, 2.05) is 5.32 Å². The first-order chi connectivity index (χ1) is 7.86. The van der Waals surface area contributed by atoms with Crippen LogP contribution in [0.2, 0.25) is 0 Å². The van der Waals surface area contributed by atoms with Crippen molar-refractivity contribution in [3.63, 3.8) is 0 Å². The third kappa shape index (κ3) is 3.20. The van der Waals surface area contributed by atoms with E-state index in [1.165, 1.54) is 6.07 Å². The van der Waals surface area contributed by atoms with Gasteiger partial charge >= 0.3 is 12.1 Å². The summed E-state index contributed by atoms with van der Waals surface area (Å²) in [4.78, 5) is 20.9. The third-order valence-corrected chi connectivity index (χ3v) is 2.03. The summed E-state index contributed by atoms with van der Waals surface area (Å²) in [7, 11) is 0. The minimum Gasteiger partial charge on any atom is -0.479 e. The molecule has 0 fully saturated rings. The van der Waals surface area contributed by atoms with Crippen LogP contribution in [-0.2, 0) is 15.8 Å². The fraction of sp³-hybridized carbons (Fsp3) is 0.200. The smallest absolute Gasteiger partial charge is 0.416 e. The zero-order chi connectivity index (χ0) is 13.1. The predicted octanol–water partition coefficient (Wildman–Crippen LogP) is 1.58. The topological polar surface area (TPSA) is 66.4 Å². The molecule has 0 bridgehead atoms. The molecule has 0 aliphatic heterocycles. The van der Waals surface area contributed by atoms with Gasteiger partial charge in [0.2, 0.25) is 6.41 Å². The predicted molar refractivity (Wildman–Crippen MR) is 51.0 cm³/mol. The SMILES string of the molecule is O=CNC(C(=O)O)c1cccc(C(F)(F)F)c1. The molecule has 1 amide bonds. The van der Waals surface area contributed by atoms with Gasteiger partial charge in [-0.25, -0.2) is 4.79 Å². The molecule has 1 aromatic carbocycles. The van der Waals surface area contributed by atoms with Gasteiger partial charge in [-0.15, -0.1) is 0 Å². The van der Waals surface area contributed by atoms with E-state index < -0.39 is 23.8 Å². The molecular formula is C10H8F3NO3. The van der Waals surface area contributed by atoms with Crippen LogP contribution in [0.25, 0.3) is 0 Å². The molecule has 0 saturated heterocycles. The van der Waals surface area contributed by atoms with Gasteiger partial charge in [0.15, 0.2) is 6.04 Å². The van der Waals surface area contributed by atoms with Gasteiger partial charge in [0.1, 0.15) is 0 Å². The number of halogens is 3. The highest BCUT2D eigenvalue weighted by molar-refractivity contribution is 5.78. The Hall–Kier alpha value is -2.05. The molecular weight excluding hydrogens is 239 g/mol. The van der Waals surface area contributed by atoms with E-state index in [4.69, 9.17) is 5.11 Å². The Labute approximate surface area is 94.1 Å². The Balaban J connectivity index is 3.13. The molecule has 0 spiro atoms. The number of nitrogens with one attached hydrogen (secondary N) is 1. The molecule has 1 unspecified atom stereocenters. The highest BCUT2D eigenvalue weighted by atomic mass is 19.4. The maximum atomic E-state index is 12.4. The molecule has 0 saturated carbocycles. The fourth-order valence-electron chi connectivity index (χ4n) is 1.27. The van der Waals surface area contributed by atoms with Crippen LogP contribution in [0.1, 0.15) is 17.2 Å². The average molecular weight is 247 g/mol. The number of hydrogen-bond donors (Lipinski definition) is 2. The molecule has 0 aromatic heterocycles. The van der Waals surface area contributed by atoms with Gasteiger partial charge in [-0.05, 0) is 17.7 Å². The summed E-state index contributed by atoms with van der Waals surface area (Å²) >= 11 is 0. The van der Waals surface area contributed by atoms with Gasteiger partial charge in [-0.3, -0.25) is 4.79 Å². The van der Waals surface area contributed by atoms with Gasteiger partial charge in [-0.1, -0.05) is 12.1 Å². The van der Waals surface area contributed by atoms with E-state index in [0.717, 1.165) is 12.1 Å². The molecule has 17 heavy (non-hydrogen) atoms. The number of rotatable bonds is 4. The van der Waals surface area contributed by atoms with Crippen molar-refractivity contribution in [2.45, 2.75) is 12.2 Å². The lowest BCUT2D eigenvalue weighted by Gasteiger charge is -2.13. The second-order valence-corrected chi connectivity index (χ2v) is 3.18. The van der Waals surface area contributed by atoms with E-state index in [2.05, 4.69) is 0 Å². The van der Waals surface area contributed by atoms with Crippen molar-refractivity contribution in [3.8, 4) is 0 Å². The minimum atomic E-state index is -4.56. The van der Waals surface area contributed by atoms with Crippen LogP contribution < -0.4 is 5.32 Å². The number of carboxylic acids is 1. The van der Waals surface area contributed by atoms with Crippen molar-refractivity contribution in [3.05, 3.63) is 35.4 Å². The minimum absolute atomic E-state index is 0.124. The first-order valence-corrected chi connectivity index (χ1v) is 4.46. The lowest BCUT2D eigenvalue weighted by molar-refractivity contribution is -0.141. The van der Waals surface area contributed by atoms with Crippen molar-refractivity contribution in [2.24, 2.45) is 0 Å². The van der Waals surface area contributed by atoms with Gasteiger partial charge in [0, 0.05) is 0 Å². The largest absolute Gasteiger partial charge is 0.479 e. The number of carbonyl (C=O) groups is 2. The molecule has 4 nitrogen and oxygen atoms in total. The van der Waals surface area contributed by atoms with Crippen molar-refractivity contribution < 1.29 is 27.9 Å². The van der Waals surface area contributed by atoms with Gasteiger partial charge in [0.25, 0.3) is 0 Å². The summed E-state index contributed by atoms with van der Waals surface area (Å²) in [5.41, 5.74) is -1.10. The van der Waals surface area contributed by atoms with Gasteiger partial charge < -0.3 is 10.4 Å². The van der Waals surface area contributed by atoms with Crippen LogP contribution in [0.4, 0.5) is 13.2 Å². The van der Waals surface area contributed by atoms with Crippen LogP contribution in [0.3, 0.4) is 0 Å². The first kappa shape index (κ1) is 13.0. The summed E-state index contributed by atoms with van der Waals surface area (Å²) in [6.45, 7) is 0. The highest BCUT2D eigenvalue weighted by Gasteiger charge is 2.31. The monoisotopic (exact) mass is 247 g/mol. The molecule has 2 N–H and O–H groups in total. The zero-order valence-electron chi connectivity index (χ0n) is 8.36. The lowest BCUT2D eigenvalue weighted by Crippen LogP contribution is -2.27. The first-order valence-electron chi connectivity index (χ1n) is 4.46. The van der Waals surface area contributed by atoms with E-state index >= 15 is 0 Å². The van der Waals surface area contributed by atoms with Crippen LogP contribution in [0, 0.1) is 0 Å². The van der Waals surface area contributed by atoms with Crippen LogP contribution in [-0.4, -0.2) is 17.5 Å². The molecule has 0 aliphatic rings. The number of carbonyl (C=O) groups excluding carboxylic acids is 1. The Morgan fingerprint density at radius 2 is 2.06 bits per heavy atom. The van der Waals surface area contributed by atoms with Crippen molar-refractivity contribution in [1.29, 1.82) is 0 Å². The molecule has 0 aliphatic carbocycles. The summed E-state index contributed by atoms with van der Waals surface area (Å²) in [6.07, 6.45) is -4.43. The Kier molecular flexibility index (Phi) is 3.72. The molecule has 92 valence electrons. The second-order valence-electron chi connectivity index (χ2n) is 3.18. The fourth-order valence-corrected chi connectivity index (χ4v) is 1.27. The molecule has 1 atom stereocenters. The zero-order valence-corrected chi connectivity index (χ0v) is 8.36. The lowest BCUT2D eigenvalue weighted by atomic mass is 10.0. The quantitative estimate of drug-likeness (QED) is 0.794. The number of alkyl halides is 3. The molecule has 0 heterocycles. The van der Waals surface area contributed by atoms with E-state index in [-0.39, 0.29) is 12.0 Å². The van der Waals surface area contributed by atoms with Crippen LogP contribution >= 0.6 is 0 Å². The van der Waals surface area contributed by atoms with Gasteiger partial charge in [0.05, 0.1) is 5.56 Å². The highest BCUT2D eigenvalue weighted by Crippen LogP contribution is 2.30. The summed E-state index contributed by atoms with van der Waals surface area (Å²) < 4.78 is 37.1. The number of aliphatic carboxylic acids is 1. The van der Waals surface area contributed by atoms with Crippen LogP contribution in [0.5, 0.6) is 0 Å². The van der Waals surface area contributed by atoms with E-state index in [1.54, 1.807) is 0 Å². The van der Waals surface area contributed by atoms with Gasteiger partial charge in [-0.2, -0.15) is 13.2 Å². The summed E-state index contributed by atoms with van der Waals surface area (Å²) in [6, 6.07) is 2.30. The van der Waals surface area contributed by atoms with Crippen molar-refractivity contribution in [1.82, 2.24) is 5.32 Å². The molecule has 1 rings (SSSR count). The second kappa shape index (κ2) is 4.86. The molecule has 1 aromatic rings. The maximum Gasteiger partial charge on any atom is 0.416 e. The number of amides is 1. The Morgan fingerprint density at radius 3 is 2.53 bits per heavy atom. The number of benzene rings is 1. The van der Waals surface area contributed by atoms with Crippen molar-refractivity contribution >= 4 is 12.4 Å². The standard InChI is InChI=1S/C10H8F3NO3/c11-10(12,13)7-3-1-2-6(4-7)8(9(16)17)14-5-15/h1-5,8H,(H,14,15)(H,16,17). The van der Waals surface area contributed by atoms with Crippen molar-refractivity contribution in [2.75, 3.05) is 0 Å². The normalized spacial score (nSPS) is 12.9. The average Bonchev–Trinajstić information content (AvgIpc) is 2.24. The Bertz CT molecular complexity index is 431. The molecule has 7 heteroatoms. The van der Waals surface area contributed by atoms with E-state index in [0.29, 0.717) is 6.07 Å². The van der Waals surface area contributed by atoms with Crippen LogP contribution in [0.15, 0.2) is 24.3 Å². The number of hydrogen-bond acceptors (Lipinski definition) is 2. The summed E-state index contributed by atoms with van der Waals surface area (Å²) in [5.74, 6) is -1.43.